The van der Waals surface area contributed by atoms with Gasteiger partial charge in [-0.2, -0.15) is 0 Å². The van der Waals surface area contributed by atoms with Crippen LogP contribution in [0.2, 0.25) is 0 Å². The van der Waals surface area contributed by atoms with Crippen LogP contribution in [0.25, 0.3) is 19.5 Å². The summed E-state index contributed by atoms with van der Waals surface area (Å²) < 4.78 is 24.6. The molecule has 25 heavy (non-hydrogen) atoms. The van der Waals surface area contributed by atoms with Gasteiger partial charge >= 0.3 is 14.2 Å². The molecule has 2 aliphatic rings. The zero-order chi connectivity index (χ0) is 16.6. The molecule has 2 fully saturated rings. The van der Waals surface area contributed by atoms with Gasteiger partial charge in [-0.15, -0.1) is 34.0 Å². The van der Waals surface area contributed by atoms with Crippen molar-refractivity contribution < 1.29 is 18.6 Å². The van der Waals surface area contributed by atoms with Gasteiger partial charge in [0, 0.05) is 29.1 Å². The molecule has 0 saturated carbocycles. The molecular formula is C16H14B2O4S3. The molecule has 0 unspecified atom stereocenters. The third-order valence-electron chi connectivity index (χ3n) is 4.05. The first-order valence-electron chi connectivity index (χ1n) is 8.13. The molecule has 0 aromatic carbocycles. The van der Waals surface area contributed by atoms with E-state index in [2.05, 4.69) is 36.4 Å². The summed E-state index contributed by atoms with van der Waals surface area (Å²) in [6.07, 6.45) is 0. The Labute approximate surface area is 158 Å². The smallest absolute Gasteiger partial charge is 0.404 e. The van der Waals surface area contributed by atoms with E-state index in [0.29, 0.717) is 26.4 Å². The first kappa shape index (κ1) is 16.3. The Morgan fingerprint density at radius 3 is 1.32 bits per heavy atom. The summed E-state index contributed by atoms with van der Waals surface area (Å²) in [5, 5.41) is 0. The predicted molar refractivity (Wildman–Crippen MR) is 106 cm³/mol. The molecule has 9 heteroatoms. The average molecular weight is 388 g/mol. The molecule has 0 amide bonds. The van der Waals surface area contributed by atoms with Crippen LogP contribution < -0.4 is 9.55 Å². The van der Waals surface area contributed by atoms with E-state index in [0.717, 1.165) is 9.55 Å². The van der Waals surface area contributed by atoms with E-state index >= 15 is 0 Å². The zero-order valence-corrected chi connectivity index (χ0v) is 15.8. The minimum absolute atomic E-state index is 0.190. The van der Waals surface area contributed by atoms with Crippen LogP contribution >= 0.6 is 34.0 Å². The van der Waals surface area contributed by atoms with E-state index in [4.69, 9.17) is 18.6 Å². The van der Waals surface area contributed by atoms with Gasteiger partial charge in [-0.05, 0) is 24.3 Å². The molecule has 5 rings (SSSR count). The highest BCUT2D eigenvalue weighted by atomic mass is 32.1. The van der Waals surface area contributed by atoms with Crippen molar-refractivity contribution in [1.29, 1.82) is 0 Å². The van der Waals surface area contributed by atoms with Gasteiger partial charge in [0.1, 0.15) is 0 Å². The Morgan fingerprint density at radius 2 is 0.880 bits per heavy atom. The molecule has 3 aromatic heterocycles. The Bertz CT molecular complexity index is 793. The molecule has 0 bridgehead atoms. The normalized spacial score (nSPS) is 17.8. The quantitative estimate of drug-likeness (QED) is 0.645. The molecule has 2 saturated heterocycles. The number of hydrogen-bond acceptors (Lipinski definition) is 7. The van der Waals surface area contributed by atoms with E-state index in [1.54, 1.807) is 22.7 Å². The summed E-state index contributed by atoms with van der Waals surface area (Å²) in [6, 6.07) is 12.9. The van der Waals surface area contributed by atoms with Crippen molar-refractivity contribution in [2.24, 2.45) is 0 Å². The third kappa shape index (κ3) is 3.26. The van der Waals surface area contributed by atoms with Gasteiger partial charge in [-0.25, -0.2) is 0 Å². The van der Waals surface area contributed by atoms with Crippen LogP contribution in [-0.4, -0.2) is 40.7 Å². The second kappa shape index (κ2) is 7.00. The third-order valence-corrected chi connectivity index (χ3v) is 7.74. The van der Waals surface area contributed by atoms with Crippen LogP contribution in [0.5, 0.6) is 0 Å². The van der Waals surface area contributed by atoms with E-state index in [1.807, 2.05) is 11.3 Å². The monoisotopic (exact) mass is 388 g/mol. The van der Waals surface area contributed by atoms with Gasteiger partial charge in [-0.3, -0.25) is 0 Å². The maximum absolute atomic E-state index is 5.58. The van der Waals surface area contributed by atoms with Crippen molar-refractivity contribution in [3.05, 3.63) is 36.4 Å². The van der Waals surface area contributed by atoms with Crippen LogP contribution in [0.15, 0.2) is 36.4 Å². The molecule has 0 N–H and O–H groups in total. The first-order chi connectivity index (χ1) is 12.4. The molecular weight excluding hydrogens is 374 g/mol. The fourth-order valence-corrected chi connectivity index (χ4v) is 6.07. The molecule has 0 aliphatic carbocycles. The standard InChI is InChI=1S/C16H14B2O4S3/c1-2-12(14-4-6-16(25-14)18-21-9-10-22-18)23-11(1)13-3-5-15(24-13)17-19-7-8-20-17/h1-6H,7-10H2. The van der Waals surface area contributed by atoms with Gasteiger partial charge in [-0.1, -0.05) is 12.1 Å². The van der Waals surface area contributed by atoms with Crippen molar-refractivity contribution in [3.63, 3.8) is 0 Å². The molecule has 0 radical (unpaired) electrons. The Morgan fingerprint density at radius 1 is 0.520 bits per heavy atom. The molecule has 5 heterocycles. The highest BCUT2D eigenvalue weighted by Gasteiger charge is 2.29. The number of thiophene rings is 3. The van der Waals surface area contributed by atoms with Crippen molar-refractivity contribution in [2.45, 2.75) is 0 Å². The Hall–Kier alpha value is -0.930. The molecule has 2 aliphatic heterocycles. The van der Waals surface area contributed by atoms with E-state index in [9.17, 15) is 0 Å². The highest BCUT2D eigenvalue weighted by Crippen LogP contribution is 2.37. The highest BCUT2D eigenvalue weighted by molar-refractivity contribution is 7.31. The fourth-order valence-electron chi connectivity index (χ4n) is 2.87. The summed E-state index contributed by atoms with van der Waals surface area (Å²) in [6.45, 7) is 2.71. The van der Waals surface area contributed by atoms with Gasteiger partial charge in [0.2, 0.25) is 0 Å². The average Bonchev–Trinajstić information content (AvgIpc) is 3.48. The van der Waals surface area contributed by atoms with Crippen LogP contribution in [0.4, 0.5) is 0 Å². The summed E-state index contributed by atoms with van der Waals surface area (Å²) in [5.74, 6) is 0. The molecule has 4 nitrogen and oxygen atoms in total. The van der Waals surface area contributed by atoms with Gasteiger partial charge in [0.25, 0.3) is 0 Å². The molecule has 126 valence electrons. The van der Waals surface area contributed by atoms with Crippen molar-refractivity contribution in [3.8, 4) is 19.5 Å². The minimum Gasteiger partial charge on any atom is -0.404 e. The van der Waals surface area contributed by atoms with Crippen molar-refractivity contribution in [1.82, 2.24) is 0 Å². The number of rotatable bonds is 4. The lowest BCUT2D eigenvalue weighted by molar-refractivity contribution is 0.365. The second-order valence-electron chi connectivity index (χ2n) is 5.71. The molecule has 3 aromatic rings. The Balaban J connectivity index is 1.36. The van der Waals surface area contributed by atoms with Gasteiger partial charge in [0.15, 0.2) is 0 Å². The van der Waals surface area contributed by atoms with E-state index in [-0.39, 0.29) is 14.2 Å². The lowest BCUT2D eigenvalue weighted by Crippen LogP contribution is -2.28. The van der Waals surface area contributed by atoms with Gasteiger partial charge in [0.05, 0.1) is 26.4 Å². The largest absolute Gasteiger partial charge is 0.504 e. The summed E-state index contributed by atoms with van der Waals surface area (Å²) in [4.78, 5) is 5.05. The summed E-state index contributed by atoms with van der Waals surface area (Å²) in [5.41, 5.74) is 0. The lowest BCUT2D eigenvalue weighted by atomic mass is 9.89. The van der Waals surface area contributed by atoms with Crippen LogP contribution in [-0.2, 0) is 18.6 Å². The predicted octanol–water partition coefficient (Wildman–Crippen LogP) is 2.69. The lowest BCUT2D eigenvalue weighted by Gasteiger charge is -1.98. The second-order valence-corrected chi connectivity index (χ2v) is 9.03. The summed E-state index contributed by atoms with van der Waals surface area (Å²) >= 11 is 5.29. The number of hydrogen-bond donors (Lipinski definition) is 0. The first-order valence-corrected chi connectivity index (χ1v) is 10.6. The van der Waals surface area contributed by atoms with Crippen molar-refractivity contribution >= 4 is 57.8 Å². The van der Waals surface area contributed by atoms with Crippen LogP contribution in [0.3, 0.4) is 0 Å². The fraction of sp³-hybridized carbons (Fsp3) is 0.250. The van der Waals surface area contributed by atoms with Crippen molar-refractivity contribution in [2.75, 3.05) is 26.4 Å². The van der Waals surface area contributed by atoms with E-state index in [1.165, 1.54) is 19.5 Å². The molecule has 0 spiro atoms. The van der Waals surface area contributed by atoms with Gasteiger partial charge < -0.3 is 18.6 Å². The van der Waals surface area contributed by atoms with Crippen LogP contribution in [0.1, 0.15) is 0 Å². The Kier molecular flexibility index (Phi) is 4.55. The SMILES string of the molecule is c1cc(-c2ccc(-c3ccc(B4OCCO4)s3)s2)sc1B1OCCO1. The van der Waals surface area contributed by atoms with E-state index < -0.39 is 0 Å². The minimum atomic E-state index is -0.190. The zero-order valence-electron chi connectivity index (χ0n) is 13.3. The molecule has 0 atom stereocenters. The maximum atomic E-state index is 5.58. The van der Waals surface area contributed by atoms with Crippen LogP contribution in [0, 0.1) is 0 Å². The topological polar surface area (TPSA) is 36.9 Å². The summed E-state index contributed by atoms with van der Waals surface area (Å²) in [7, 11) is -0.381. The maximum Gasteiger partial charge on any atom is 0.504 e.